The number of ether oxygens (including phenoxy) is 1. The molecular weight excluding hydrogens is 409 g/mol. The maximum absolute atomic E-state index is 9.09. The molecule has 1 N–H and O–H groups in total. The summed E-state index contributed by atoms with van der Waals surface area (Å²) in [6, 6.07) is 4.00. The normalized spacial score (nSPS) is 16.5. The van der Waals surface area contributed by atoms with Crippen molar-refractivity contribution in [3.8, 4) is 6.07 Å². The summed E-state index contributed by atoms with van der Waals surface area (Å²) in [6.45, 7) is 4.24. The van der Waals surface area contributed by atoms with Gasteiger partial charge in [0.25, 0.3) is 0 Å². The van der Waals surface area contributed by atoms with E-state index in [1.165, 1.54) is 0 Å². The zero-order chi connectivity index (χ0) is 15.9. The predicted molar refractivity (Wildman–Crippen MR) is 98.0 cm³/mol. The average molecular weight is 423 g/mol. The van der Waals surface area contributed by atoms with Crippen LogP contribution in [0.25, 0.3) is 0 Å². The number of aromatic nitrogens is 1. The molecule has 0 bridgehead atoms. The zero-order valence-corrected chi connectivity index (χ0v) is 14.9. The molecule has 4 nitrogen and oxygen atoms in total. The minimum absolute atomic E-state index is 0.0576. The lowest BCUT2D eigenvalue weighted by Crippen LogP contribution is -2.08. The fraction of sp³-hybridized carbons (Fsp3) is 0.188. The van der Waals surface area contributed by atoms with E-state index in [1.54, 1.807) is 31.1 Å². The molecule has 0 saturated carbocycles. The van der Waals surface area contributed by atoms with Crippen LogP contribution in [0.4, 0.5) is 5.69 Å². The summed E-state index contributed by atoms with van der Waals surface area (Å²) in [5, 5.41) is 12.2. The van der Waals surface area contributed by atoms with E-state index in [4.69, 9.17) is 10.00 Å². The van der Waals surface area contributed by atoms with Crippen molar-refractivity contribution in [2.24, 2.45) is 0 Å². The van der Waals surface area contributed by atoms with Crippen LogP contribution in [0.1, 0.15) is 5.69 Å². The molecule has 0 radical (unpaired) electrons. The third-order valence-corrected chi connectivity index (χ3v) is 4.69. The van der Waals surface area contributed by atoms with Gasteiger partial charge in [-0.3, -0.25) is 0 Å². The van der Waals surface area contributed by atoms with E-state index in [0.29, 0.717) is 17.9 Å². The Balaban J connectivity index is 2.22. The Morgan fingerprint density at radius 2 is 2.50 bits per heavy atom. The van der Waals surface area contributed by atoms with Gasteiger partial charge in [0.15, 0.2) is 5.69 Å². The van der Waals surface area contributed by atoms with Gasteiger partial charge in [-0.15, -0.1) is 12.3 Å². The van der Waals surface area contributed by atoms with Crippen LogP contribution in [0.15, 0.2) is 56.2 Å². The molecule has 0 amide bonds. The first-order chi connectivity index (χ1) is 10.7. The van der Waals surface area contributed by atoms with E-state index in [1.807, 2.05) is 18.2 Å². The van der Waals surface area contributed by atoms with E-state index in [2.05, 4.69) is 51.3 Å². The number of pyridine rings is 1. The van der Waals surface area contributed by atoms with Crippen LogP contribution in [0.5, 0.6) is 0 Å². The summed E-state index contributed by atoms with van der Waals surface area (Å²) in [5.41, 5.74) is 4.28. The lowest BCUT2D eigenvalue weighted by molar-refractivity contribution is 0.176. The van der Waals surface area contributed by atoms with Crippen molar-refractivity contribution in [1.82, 2.24) is 4.98 Å². The quantitative estimate of drug-likeness (QED) is 0.426. The summed E-state index contributed by atoms with van der Waals surface area (Å²) in [4.78, 5) is 6.17. The van der Waals surface area contributed by atoms with Gasteiger partial charge in [0.05, 0.1) is 9.27 Å². The van der Waals surface area contributed by atoms with Gasteiger partial charge in [-0.25, -0.2) is 4.98 Å². The molecule has 112 valence electrons. The number of nitriles is 1. The number of methoxy groups -OCH3 is 1. The Bertz CT molecular complexity index is 715. The monoisotopic (exact) mass is 423 g/mol. The van der Waals surface area contributed by atoms with Crippen molar-refractivity contribution in [2.45, 2.75) is 11.0 Å². The van der Waals surface area contributed by atoms with Gasteiger partial charge in [-0.2, -0.15) is 5.26 Å². The van der Waals surface area contributed by atoms with Gasteiger partial charge in [-0.1, -0.05) is 17.8 Å². The Hall–Kier alpha value is -1.52. The summed E-state index contributed by atoms with van der Waals surface area (Å²) < 4.78 is 6.41. The molecule has 0 aliphatic heterocycles. The molecule has 0 fully saturated rings. The Kier molecular flexibility index (Phi) is 6.28. The minimum Gasteiger partial charge on any atom is -0.379 e. The first kappa shape index (κ1) is 16.8. The molecule has 1 aliphatic carbocycles. The van der Waals surface area contributed by atoms with Crippen molar-refractivity contribution < 1.29 is 4.74 Å². The molecule has 22 heavy (non-hydrogen) atoms. The summed E-state index contributed by atoms with van der Waals surface area (Å²) in [5.74, 6) is 0. The van der Waals surface area contributed by atoms with Crippen molar-refractivity contribution >= 4 is 40.0 Å². The predicted octanol–water partition coefficient (Wildman–Crippen LogP) is 4.03. The zero-order valence-electron chi connectivity index (χ0n) is 12.0. The largest absolute Gasteiger partial charge is 0.379 e. The van der Waals surface area contributed by atoms with Crippen molar-refractivity contribution in [3.63, 3.8) is 0 Å². The molecule has 2 rings (SSSR count). The Morgan fingerprint density at radius 3 is 3.18 bits per heavy atom. The van der Waals surface area contributed by atoms with Gasteiger partial charge >= 0.3 is 0 Å². The number of hydrogen-bond acceptors (Lipinski definition) is 5. The van der Waals surface area contributed by atoms with Gasteiger partial charge in [-0.05, 0) is 40.8 Å². The molecule has 1 heterocycles. The second-order valence-electron chi connectivity index (χ2n) is 4.31. The van der Waals surface area contributed by atoms with Crippen LogP contribution >= 0.6 is 34.4 Å². The number of allylic oxidation sites excluding steroid dienone is 1. The highest BCUT2D eigenvalue weighted by Crippen LogP contribution is 2.33. The Labute approximate surface area is 147 Å². The van der Waals surface area contributed by atoms with Gasteiger partial charge < -0.3 is 10.1 Å². The number of hydrogen-bond donors (Lipinski definition) is 1. The number of halogens is 1. The van der Waals surface area contributed by atoms with Crippen LogP contribution in [-0.2, 0) is 4.74 Å². The number of rotatable bonds is 6. The van der Waals surface area contributed by atoms with Crippen molar-refractivity contribution in [2.75, 3.05) is 19.0 Å². The summed E-state index contributed by atoms with van der Waals surface area (Å²) >= 11 is 3.78. The molecule has 0 saturated heterocycles. The number of nitrogens with zero attached hydrogens (tertiary/aromatic N) is 2. The van der Waals surface area contributed by atoms with E-state index in [9.17, 15) is 0 Å². The van der Waals surface area contributed by atoms with Gasteiger partial charge in [0.2, 0.25) is 0 Å². The highest BCUT2D eigenvalue weighted by Gasteiger charge is 2.13. The van der Waals surface area contributed by atoms with Crippen molar-refractivity contribution in [3.05, 3.63) is 57.0 Å². The third-order valence-electron chi connectivity index (χ3n) is 2.81. The molecule has 1 aliphatic rings. The second-order valence-corrected chi connectivity index (χ2v) is 6.62. The minimum atomic E-state index is -0.0576. The van der Waals surface area contributed by atoms with Crippen LogP contribution in [0.2, 0.25) is 0 Å². The summed E-state index contributed by atoms with van der Waals surface area (Å²) in [6.07, 6.45) is 7.35. The van der Waals surface area contributed by atoms with Crippen LogP contribution < -0.4 is 5.32 Å². The maximum atomic E-state index is 9.09. The lowest BCUT2D eigenvalue weighted by atomic mass is 10.2. The maximum Gasteiger partial charge on any atom is 0.163 e. The first-order valence-electron chi connectivity index (χ1n) is 6.47. The topological polar surface area (TPSA) is 57.9 Å². The number of nitrogens with one attached hydrogen (secondary N) is 1. The van der Waals surface area contributed by atoms with Gasteiger partial charge in [0, 0.05) is 29.7 Å². The summed E-state index contributed by atoms with van der Waals surface area (Å²) in [7, 11) is 1.68. The molecule has 6 heteroatoms. The Morgan fingerprint density at radius 1 is 1.68 bits per heavy atom. The molecular formula is C16H14IN3OS. The molecule has 1 unspecified atom stereocenters. The number of anilines is 1. The second kappa shape index (κ2) is 8.20. The fourth-order valence-electron chi connectivity index (χ4n) is 1.77. The fourth-order valence-corrected chi connectivity index (χ4v) is 3.22. The standard InChI is InChI=1S/C16H14IN3OS/c1-3-6-19-14-7-12(10-20-15(14)9-18)22-11-4-5-13(17)16(8-11)21-2/h3-4,7-8,10,16,19H,1,6H2,2H3. The SMILES string of the molecule is C=CCNc1cc(SC2=CC(OC)C(I)=C=C2)cnc1C#N. The third kappa shape index (κ3) is 4.24. The highest BCUT2D eigenvalue weighted by atomic mass is 127. The molecule has 1 aromatic heterocycles. The molecule has 0 aromatic carbocycles. The van der Waals surface area contributed by atoms with E-state index >= 15 is 0 Å². The highest BCUT2D eigenvalue weighted by molar-refractivity contribution is 14.1. The molecule has 0 spiro atoms. The van der Waals surface area contributed by atoms with Crippen LogP contribution in [0.3, 0.4) is 0 Å². The van der Waals surface area contributed by atoms with Gasteiger partial charge in [0.1, 0.15) is 12.2 Å². The number of thioether (sulfide) groups is 1. The lowest BCUT2D eigenvalue weighted by Gasteiger charge is -2.14. The van der Waals surface area contributed by atoms with Crippen LogP contribution in [0, 0.1) is 11.3 Å². The van der Waals surface area contributed by atoms with E-state index in [-0.39, 0.29) is 6.10 Å². The smallest absolute Gasteiger partial charge is 0.163 e. The van der Waals surface area contributed by atoms with E-state index in [0.717, 1.165) is 13.4 Å². The first-order valence-corrected chi connectivity index (χ1v) is 8.37. The van der Waals surface area contributed by atoms with Crippen LogP contribution in [-0.4, -0.2) is 24.7 Å². The van der Waals surface area contributed by atoms with Crippen molar-refractivity contribution in [1.29, 1.82) is 5.26 Å². The molecule has 1 aromatic rings. The average Bonchev–Trinajstić information content (AvgIpc) is 2.54. The van der Waals surface area contributed by atoms with E-state index < -0.39 is 0 Å². The molecule has 1 atom stereocenters.